The number of nitrogens with zero attached hydrogens (tertiary/aromatic N) is 1. The number of carbonyl (C=O) groups is 1. The molecule has 1 heterocycles. The molecule has 32 heavy (non-hydrogen) atoms. The maximum Gasteiger partial charge on any atom is 0.152 e. The molecule has 0 amide bonds. The van der Waals surface area contributed by atoms with Crippen LogP contribution in [0.5, 0.6) is 0 Å². The number of benzene rings is 2. The summed E-state index contributed by atoms with van der Waals surface area (Å²) in [6.07, 6.45) is 3.94. The van der Waals surface area contributed by atoms with Gasteiger partial charge in [0.2, 0.25) is 0 Å². The molecule has 2 aromatic carbocycles. The predicted molar refractivity (Wildman–Crippen MR) is 132 cm³/mol. The van der Waals surface area contributed by atoms with Crippen molar-refractivity contribution in [3.05, 3.63) is 77.4 Å². The fourth-order valence-corrected chi connectivity index (χ4v) is 3.65. The Balaban J connectivity index is 0.00000118. The van der Waals surface area contributed by atoms with Gasteiger partial charge in [0.1, 0.15) is 0 Å². The molecule has 0 bridgehead atoms. The summed E-state index contributed by atoms with van der Waals surface area (Å²) in [4.78, 5) is 13.6. The van der Waals surface area contributed by atoms with E-state index in [0.717, 1.165) is 49.5 Å². The minimum absolute atomic E-state index is 0. The van der Waals surface area contributed by atoms with E-state index < -0.39 is 0 Å². The SMILES string of the molecule is C.CN.N=C1C=C(c2ccc(-c3cccc(CN4CCOCC4)c3)cc2)C=C(C=O)C1=N. The van der Waals surface area contributed by atoms with Crippen LogP contribution in [0.1, 0.15) is 18.6 Å². The van der Waals surface area contributed by atoms with Crippen LogP contribution in [-0.2, 0) is 16.1 Å². The van der Waals surface area contributed by atoms with Crippen LogP contribution in [0.25, 0.3) is 16.7 Å². The average molecular weight is 433 g/mol. The number of carbonyl (C=O) groups excluding carboxylic acids is 1. The van der Waals surface area contributed by atoms with Crippen molar-refractivity contribution >= 4 is 23.3 Å². The van der Waals surface area contributed by atoms with Crippen molar-refractivity contribution in [1.82, 2.24) is 4.90 Å². The first kappa shape index (κ1) is 25.1. The summed E-state index contributed by atoms with van der Waals surface area (Å²) in [5.41, 5.74) is 10.0. The third kappa shape index (κ3) is 5.95. The molecule has 0 aromatic heterocycles. The van der Waals surface area contributed by atoms with Crippen molar-refractivity contribution in [2.75, 3.05) is 33.4 Å². The van der Waals surface area contributed by atoms with Crippen LogP contribution in [0.4, 0.5) is 0 Å². The van der Waals surface area contributed by atoms with Crippen LogP contribution in [-0.4, -0.2) is 56.0 Å². The monoisotopic (exact) mass is 432 g/mol. The second-order valence-corrected chi connectivity index (χ2v) is 7.27. The Morgan fingerprint density at radius 2 is 1.62 bits per heavy atom. The van der Waals surface area contributed by atoms with Crippen molar-refractivity contribution in [3.63, 3.8) is 0 Å². The lowest BCUT2D eigenvalue weighted by Crippen LogP contribution is -2.35. The molecule has 1 aliphatic carbocycles. The Bertz CT molecular complexity index is 1020. The first-order valence-electron chi connectivity index (χ1n) is 10.3. The van der Waals surface area contributed by atoms with E-state index in [-0.39, 0.29) is 24.4 Å². The highest BCUT2D eigenvalue weighted by molar-refractivity contribution is 6.55. The Morgan fingerprint density at radius 3 is 2.28 bits per heavy atom. The molecule has 6 heteroatoms. The third-order valence-corrected chi connectivity index (χ3v) is 5.28. The molecule has 0 spiro atoms. The Kier molecular flexibility index (Phi) is 9.40. The van der Waals surface area contributed by atoms with E-state index in [1.807, 2.05) is 12.1 Å². The Hall–Kier alpha value is -3.19. The van der Waals surface area contributed by atoms with Gasteiger partial charge in [-0.15, -0.1) is 0 Å². The minimum atomic E-state index is -0.0301. The van der Waals surface area contributed by atoms with Gasteiger partial charge in [-0.1, -0.05) is 49.9 Å². The summed E-state index contributed by atoms with van der Waals surface area (Å²) in [5, 5.41) is 15.7. The number of ether oxygens (including phenoxy) is 1. The summed E-state index contributed by atoms with van der Waals surface area (Å²) >= 11 is 0. The molecule has 0 unspecified atom stereocenters. The van der Waals surface area contributed by atoms with Crippen LogP contribution >= 0.6 is 0 Å². The van der Waals surface area contributed by atoms with E-state index in [1.165, 1.54) is 18.2 Å². The molecule has 1 saturated heterocycles. The number of rotatable bonds is 5. The quantitative estimate of drug-likeness (QED) is 0.491. The number of nitrogens with one attached hydrogen (secondary N) is 2. The highest BCUT2D eigenvalue weighted by Crippen LogP contribution is 2.26. The number of nitrogens with two attached hydrogens (primary N) is 1. The zero-order valence-corrected chi connectivity index (χ0v) is 17.7. The highest BCUT2D eigenvalue weighted by Gasteiger charge is 2.16. The van der Waals surface area contributed by atoms with E-state index in [0.29, 0.717) is 6.29 Å². The van der Waals surface area contributed by atoms with E-state index in [4.69, 9.17) is 15.6 Å². The maximum atomic E-state index is 11.2. The van der Waals surface area contributed by atoms with Crippen molar-refractivity contribution in [2.24, 2.45) is 5.73 Å². The van der Waals surface area contributed by atoms with Crippen LogP contribution in [0.15, 0.2) is 66.3 Å². The molecule has 2 aromatic rings. The Morgan fingerprint density at radius 1 is 0.969 bits per heavy atom. The molecule has 168 valence electrons. The second kappa shape index (κ2) is 12.0. The molecule has 1 aliphatic heterocycles. The number of hydrogen-bond acceptors (Lipinski definition) is 6. The topological polar surface area (TPSA) is 103 Å². The van der Waals surface area contributed by atoms with Crippen molar-refractivity contribution in [2.45, 2.75) is 14.0 Å². The van der Waals surface area contributed by atoms with Gasteiger partial charge in [0, 0.05) is 25.2 Å². The lowest BCUT2D eigenvalue weighted by atomic mass is 9.91. The second-order valence-electron chi connectivity index (χ2n) is 7.27. The zero-order valence-electron chi connectivity index (χ0n) is 17.7. The van der Waals surface area contributed by atoms with Crippen LogP contribution in [0.3, 0.4) is 0 Å². The number of morpholine rings is 1. The van der Waals surface area contributed by atoms with Gasteiger partial charge in [-0.2, -0.15) is 0 Å². The van der Waals surface area contributed by atoms with Gasteiger partial charge in [-0.05, 0) is 53.1 Å². The molecule has 1 fully saturated rings. The van der Waals surface area contributed by atoms with Crippen LogP contribution in [0, 0.1) is 10.8 Å². The molecule has 0 atom stereocenters. The number of allylic oxidation sites excluding steroid dienone is 4. The van der Waals surface area contributed by atoms with E-state index in [9.17, 15) is 4.79 Å². The van der Waals surface area contributed by atoms with E-state index in [1.54, 1.807) is 12.2 Å². The normalized spacial score (nSPS) is 16.2. The van der Waals surface area contributed by atoms with Gasteiger partial charge < -0.3 is 10.5 Å². The average Bonchev–Trinajstić information content (AvgIpc) is 2.83. The number of aldehydes is 1. The minimum Gasteiger partial charge on any atom is -0.379 e. The maximum absolute atomic E-state index is 11.2. The van der Waals surface area contributed by atoms with Gasteiger partial charge in [-0.3, -0.25) is 20.5 Å². The molecular weight excluding hydrogens is 400 g/mol. The fourth-order valence-electron chi connectivity index (χ4n) is 3.65. The molecule has 6 nitrogen and oxygen atoms in total. The summed E-state index contributed by atoms with van der Waals surface area (Å²) in [6.45, 7) is 4.46. The van der Waals surface area contributed by atoms with Gasteiger partial charge in [0.25, 0.3) is 0 Å². The molecule has 0 radical (unpaired) electrons. The van der Waals surface area contributed by atoms with Gasteiger partial charge in [0.05, 0.1) is 24.6 Å². The highest BCUT2D eigenvalue weighted by atomic mass is 16.5. The summed E-state index contributed by atoms with van der Waals surface area (Å²) in [7, 11) is 1.50. The molecule has 2 aliphatic rings. The summed E-state index contributed by atoms with van der Waals surface area (Å²) in [6, 6.07) is 16.7. The van der Waals surface area contributed by atoms with E-state index >= 15 is 0 Å². The zero-order chi connectivity index (χ0) is 22.2. The largest absolute Gasteiger partial charge is 0.379 e. The standard InChI is InChI=1S/C24H23N3O2.CH5N.CH4/c25-23-14-21(13-22(16-28)24(23)26)19-6-4-18(5-7-19)20-3-1-2-17(12-20)15-27-8-10-29-11-9-27;1-2;/h1-7,12-14,16,25-26H,8-11,15H2;2H2,1H3;1H4. The molecular formula is C26H32N4O2. The smallest absolute Gasteiger partial charge is 0.152 e. The molecule has 4 rings (SSSR count). The van der Waals surface area contributed by atoms with Crippen LogP contribution in [0.2, 0.25) is 0 Å². The van der Waals surface area contributed by atoms with Crippen molar-refractivity contribution in [1.29, 1.82) is 10.8 Å². The van der Waals surface area contributed by atoms with Gasteiger partial charge in [-0.25, -0.2) is 0 Å². The third-order valence-electron chi connectivity index (χ3n) is 5.28. The molecule has 0 saturated carbocycles. The Labute approximate surface area is 190 Å². The first-order chi connectivity index (χ1) is 15.1. The fraction of sp³-hybridized carbons (Fsp3) is 0.269. The molecule has 4 N–H and O–H groups in total. The van der Waals surface area contributed by atoms with Crippen molar-refractivity contribution in [3.8, 4) is 11.1 Å². The lowest BCUT2D eigenvalue weighted by molar-refractivity contribution is -0.104. The van der Waals surface area contributed by atoms with E-state index in [2.05, 4.69) is 47.0 Å². The summed E-state index contributed by atoms with van der Waals surface area (Å²) in [5.74, 6) is 0. The van der Waals surface area contributed by atoms with Gasteiger partial charge in [0.15, 0.2) is 6.29 Å². The van der Waals surface area contributed by atoms with Crippen LogP contribution < -0.4 is 5.73 Å². The first-order valence-corrected chi connectivity index (χ1v) is 10.3. The summed E-state index contributed by atoms with van der Waals surface area (Å²) < 4.78 is 5.42. The lowest BCUT2D eigenvalue weighted by Gasteiger charge is -2.26. The number of hydrogen-bond donors (Lipinski definition) is 3. The van der Waals surface area contributed by atoms with Gasteiger partial charge >= 0.3 is 0 Å². The predicted octanol–water partition coefficient (Wildman–Crippen LogP) is 3.96. The van der Waals surface area contributed by atoms with Crippen molar-refractivity contribution < 1.29 is 9.53 Å².